The summed E-state index contributed by atoms with van der Waals surface area (Å²) in [4.78, 5) is 26.8. The van der Waals surface area contributed by atoms with Gasteiger partial charge in [-0.1, -0.05) is 0 Å². The maximum absolute atomic E-state index is 14.8. The van der Waals surface area contributed by atoms with E-state index in [4.69, 9.17) is 19.4 Å². The SMILES string of the molecule is Fc1cc(OCCN2CCCC2)cc(-c2ccnc3[nH]c(-c4n[nH]c5ccc(-c6cncc(OCCN7CCCC7)c6)nc45)nc23)c1. The zero-order chi connectivity index (χ0) is 31.6. The first-order valence-electron chi connectivity index (χ1n) is 16.3. The lowest BCUT2D eigenvalue weighted by Crippen LogP contribution is -2.25. The number of likely N-dealkylation sites (tertiary alicyclic amines) is 2. The Morgan fingerprint density at radius 2 is 1.51 bits per heavy atom. The summed E-state index contributed by atoms with van der Waals surface area (Å²) < 4.78 is 26.8. The predicted molar refractivity (Wildman–Crippen MR) is 178 cm³/mol. The molecule has 2 saturated heterocycles. The normalized spacial score (nSPS) is 15.7. The first-order chi connectivity index (χ1) is 23.2. The maximum Gasteiger partial charge on any atom is 0.162 e. The standard InChI is InChI=1S/C35H36FN9O2/c36-25-17-23(18-26(20-25)46-15-13-44-9-1-2-10-44)28-7-8-38-34-31(28)40-35(41-34)33-32-30(42-43-33)6-5-29(39-32)24-19-27(22-37-21-24)47-16-14-45-11-3-4-12-45/h5-8,17-22H,1-4,9-16H2,(H,42,43)(H,38,40,41). The fourth-order valence-electron chi connectivity index (χ4n) is 6.52. The molecule has 11 nitrogen and oxygen atoms in total. The van der Waals surface area contributed by atoms with E-state index in [2.05, 4.69) is 34.9 Å². The van der Waals surface area contributed by atoms with Crippen LogP contribution in [0.25, 0.3) is 56.1 Å². The Bertz CT molecular complexity index is 2010. The molecule has 240 valence electrons. The van der Waals surface area contributed by atoms with E-state index >= 15 is 0 Å². The monoisotopic (exact) mass is 633 g/mol. The number of hydrogen-bond acceptors (Lipinski definition) is 9. The molecular weight excluding hydrogens is 597 g/mol. The lowest BCUT2D eigenvalue weighted by Gasteiger charge is -2.15. The molecular formula is C35H36FN9O2. The van der Waals surface area contributed by atoms with Crippen molar-refractivity contribution in [3.05, 3.63) is 66.9 Å². The third kappa shape index (κ3) is 6.38. The van der Waals surface area contributed by atoms with Gasteiger partial charge in [-0.25, -0.2) is 19.3 Å². The van der Waals surface area contributed by atoms with Crippen LogP contribution in [0.4, 0.5) is 4.39 Å². The number of aromatic nitrogens is 7. The third-order valence-electron chi connectivity index (χ3n) is 8.96. The van der Waals surface area contributed by atoms with Gasteiger partial charge in [0, 0.05) is 42.7 Å². The molecule has 0 unspecified atom stereocenters. The average molecular weight is 634 g/mol. The third-order valence-corrected chi connectivity index (χ3v) is 8.96. The molecule has 1 aromatic carbocycles. The molecule has 0 saturated carbocycles. The summed E-state index contributed by atoms with van der Waals surface area (Å²) in [7, 11) is 0. The number of halogens is 1. The molecule has 12 heteroatoms. The second kappa shape index (κ2) is 13.0. The van der Waals surface area contributed by atoms with Crippen LogP contribution in [0.5, 0.6) is 11.5 Å². The van der Waals surface area contributed by atoms with Crippen LogP contribution < -0.4 is 9.47 Å². The van der Waals surface area contributed by atoms with Crippen LogP contribution >= 0.6 is 0 Å². The fourth-order valence-corrected chi connectivity index (χ4v) is 6.52. The highest BCUT2D eigenvalue weighted by Gasteiger charge is 2.19. The summed E-state index contributed by atoms with van der Waals surface area (Å²) in [5.41, 5.74) is 6.13. The molecule has 47 heavy (non-hydrogen) atoms. The van der Waals surface area contributed by atoms with Gasteiger partial charge in [0.2, 0.25) is 0 Å². The lowest BCUT2D eigenvalue weighted by atomic mass is 10.1. The van der Waals surface area contributed by atoms with Crippen LogP contribution in [0.3, 0.4) is 0 Å². The van der Waals surface area contributed by atoms with E-state index in [1.54, 1.807) is 18.6 Å². The molecule has 7 heterocycles. The second-order valence-corrected chi connectivity index (χ2v) is 12.2. The van der Waals surface area contributed by atoms with Crippen molar-refractivity contribution in [2.45, 2.75) is 25.7 Å². The van der Waals surface area contributed by atoms with Crippen molar-refractivity contribution in [1.29, 1.82) is 0 Å². The van der Waals surface area contributed by atoms with E-state index in [0.29, 0.717) is 58.5 Å². The molecule has 0 spiro atoms. The van der Waals surface area contributed by atoms with E-state index in [1.165, 1.54) is 37.8 Å². The number of pyridine rings is 3. The van der Waals surface area contributed by atoms with Crippen LogP contribution in [0, 0.1) is 5.82 Å². The molecule has 0 atom stereocenters. The molecule has 2 aliphatic heterocycles. The van der Waals surface area contributed by atoms with E-state index < -0.39 is 0 Å². The van der Waals surface area contributed by atoms with Gasteiger partial charge in [-0.05, 0) is 93.8 Å². The van der Waals surface area contributed by atoms with Gasteiger partial charge in [-0.15, -0.1) is 0 Å². The zero-order valence-corrected chi connectivity index (χ0v) is 26.1. The van der Waals surface area contributed by atoms with Gasteiger partial charge in [-0.2, -0.15) is 5.10 Å². The first kappa shape index (κ1) is 29.5. The van der Waals surface area contributed by atoms with Crippen molar-refractivity contribution < 1.29 is 13.9 Å². The van der Waals surface area contributed by atoms with Gasteiger partial charge in [0.1, 0.15) is 41.6 Å². The summed E-state index contributed by atoms with van der Waals surface area (Å²) in [6.07, 6.45) is 10.2. The minimum absolute atomic E-state index is 0.370. The maximum atomic E-state index is 14.8. The number of benzene rings is 1. The van der Waals surface area contributed by atoms with Crippen molar-refractivity contribution in [1.82, 2.24) is 44.9 Å². The second-order valence-electron chi connectivity index (χ2n) is 12.2. The van der Waals surface area contributed by atoms with Crippen LogP contribution in [0.1, 0.15) is 25.7 Å². The molecule has 6 aromatic rings. The Labute approximate surface area is 271 Å². The number of nitrogens with zero attached hydrogens (tertiary/aromatic N) is 7. The van der Waals surface area contributed by atoms with Crippen LogP contribution in [0.15, 0.2) is 61.1 Å². The number of fused-ring (bicyclic) bond motifs is 2. The number of imidazole rings is 1. The number of hydrogen-bond donors (Lipinski definition) is 2. The zero-order valence-electron chi connectivity index (χ0n) is 26.1. The van der Waals surface area contributed by atoms with Gasteiger partial charge >= 0.3 is 0 Å². The first-order valence-corrected chi connectivity index (χ1v) is 16.3. The predicted octanol–water partition coefficient (Wildman–Crippen LogP) is 5.71. The number of rotatable bonds is 11. The van der Waals surface area contributed by atoms with Crippen molar-refractivity contribution in [2.24, 2.45) is 0 Å². The highest BCUT2D eigenvalue weighted by molar-refractivity contribution is 5.95. The summed E-state index contributed by atoms with van der Waals surface area (Å²) >= 11 is 0. The van der Waals surface area contributed by atoms with E-state index in [1.807, 2.05) is 30.3 Å². The number of ether oxygens (including phenoxy) is 2. The van der Waals surface area contributed by atoms with Crippen molar-refractivity contribution in [2.75, 3.05) is 52.5 Å². The largest absolute Gasteiger partial charge is 0.492 e. The molecule has 0 aliphatic carbocycles. The Morgan fingerprint density at radius 3 is 2.30 bits per heavy atom. The molecule has 5 aromatic heterocycles. The minimum atomic E-state index is -0.370. The summed E-state index contributed by atoms with van der Waals surface area (Å²) in [6.45, 7) is 7.33. The van der Waals surface area contributed by atoms with Gasteiger partial charge in [0.15, 0.2) is 17.2 Å². The summed E-state index contributed by atoms with van der Waals surface area (Å²) in [6, 6.07) is 12.4. The van der Waals surface area contributed by atoms with Crippen molar-refractivity contribution >= 4 is 22.2 Å². The highest BCUT2D eigenvalue weighted by Crippen LogP contribution is 2.33. The van der Waals surface area contributed by atoms with Gasteiger partial charge in [0.05, 0.1) is 17.4 Å². The number of nitrogens with one attached hydrogen (secondary N) is 2. The molecule has 2 N–H and O–H groups in total. The highest BCUT2D eigenvalue weighted by atomic mass is 19.1. The Balaban J connectivity index is 1.05. The van der Waals surface area contributed by atoms with E-state index in [0.717, 1.165) is 61.6 Å². The fraction of sp³-hybridized carbons (Fsp3) is 0.343. The molecule has 2 aliphatic rings. The Morgan fingerprint density at radius 1 is 0.766 bits per heavy atom. The molecule has 8 rings (SSSR count). The molecule has 0 radical (unpaired) electrons. The van der Waals surface area contributed by atoms with Crippen LogP contribution in [-0.2, 0) is 0 Å². The van der Waals surface area contributed by atoms with Crippen LogP contribution in [0.2, 0.25) is 0 Å². The topological polar surface area (TPSA) is 121 Å². The van der Waals surface area contributed by atoms with E-state index in [-0.39, 0.29) is 5.82 Å². The Kier molecular flexibility index (Phi) is 8.18. The van der Waals surface area contributed by atoms with Crippen LogP contribution in [-0.4, -0.2) is 97.4 Å². The molecule has 0 bridgehead atoms. The van der Waals surface area contributed by atoms with E-state index in [9.17, 15) is 4.39 Å². The van der Waals surface area contributed by atoms with Gasteiger partial charge in [-0.3, -0.25) is 19.9 Å². The minimum Gasteiger partial charge on any atom is -0.492 e. The van der Waals surface area contributed by atoms with Crippen molar-refractivity contribution in [3.63, 3.8) is 0 Å². The smallest absolute Gasteiger partial charge is 0.162 e. The molecule has 2 fully saturated rings. The van der Waals surface area contributed by atoms with Crippen molar-refractivity contribution in [3.8, 4) is 45.4 Å². The Hall–Kier alpha value is -4.94. The van der Waals surface area contributed by atoms with Gasteiger partial charge in [0.25, 0.3) is 0 Å². The average Bonchev–Trinajstić information content (AvgIpc) is 3.91. The molecule has 0 amide bonds. The summed E-state index contributed by atoms with van der Waals surface area (Å²) in [5.74, 6) is 1.34. The summed E-state index contributed by atoms with van der Waals surface area (Å²) in [5, 5.41) is 7.62. The van der Waals surface area contributed by atoms with Gasteiger partial charge < -0.3 is 14.5 Å². The number of aromatic amines is 2. The number of H-pyrrole nitrogens is 2. The quantitative estimate of drug-likeness (QED) is 0.185. The lowest BCUT2D eigenvalue weighted by molar-refractivity contribution is 0.237.